The molecule has 1 aromatic heterocycles. The van der Waals surface area contributed by atoms with E-state index in [1.807, 2.05) is 13.2 Å². The molecule has 90 valence electrons. The summed E-state index contributed by atoms with van der Waals surface area (Å²) in [6.07, 6.45) is 1.94. The van der Waals surface area contributed by atoms with Crippen molar-refractivity contribution in [1.29, 1.82) is 0 Å². The van der Waals surface area contributed by atoms with E-state index in [0.717, 1.165) is 9.90 Å². The first-order chi connectivity index (χ1) is 7.60. The van der Waals surface area contributed by atoms with Gasteiger partial charge in [0.05, 0.1) is 11.4 Å². The van der Waals surface area contributed by atoms with Gasteiger partial charge in [-0.05, 0) is 24.7 Å². The fourth-order valence-corrected chi connectivity index (χ4v) is 2.61. The molecule has 1 aromatic rings. The number of carbonyl (C=O) groups excluding carboxylic acids is 1. The highest BCUT2D eigenvalue weighted by atomic mass is 32.2. The van der Waals surface area contributed by atoms with Crippen LogP contribution in [0.4, 0.5) is 10.8 Å². The van der Waals surface area contributed by atoms with E-state index in [2.05, 4.69) is 9.69 Å². The van der Waals surface area contributed by atoms with Gasteiger partial charge in [0.15, 0.2) is 5.82 Å². The fraction of sp³-hybridized carbons (Fsp3) is 0.556. The van der Waals surface area contributed by atoms with Crippen LogP contribution < -0.4 is 11.1 Å². The maximum Gasteiger partial charge on any atom is 0.241 e. The topological polar surface area (TPSA) is 71.2 Å². The summed E-state index contributed by atoms with van der Waals surface area (Å²) in [6.45, 7) is 2.93. The molecule has 0 aliphatic carbocycles. The predicted molar refractivity (Wildman–Crippen MR) is 70.1 cm³/mol. The number of nitrogens with one attached hydrogen (secondary N) is 1. The molecule has 0 saturated carbocycles. The number of hydrogen-bond acceptors (Lipinski definition) is 6. The average Bonchev–Trinajstić information content (AvgIpc) is 2.65. The summed E-state index contributed by atoms with van der Waals surface area (Å²) in [7, 11) is 1.78. The number of nitrogen functional groups attached to an aromatic ring is 1. The molecule has 0 atom stereocenters. The van der Waals surface area contributed by atoms with Gasteiger partial charge in [-0.25, -0.2) is 0 Å². The van der Waals surface area contributed by atoms with Crippen LogP contribution in [-0.4, -0.2) is 41.6 Å². The second-order valence-electron chi connectivity index (χ2n) is 3.19. The third kappa shape index (κ3) is 3.02. The van der Waals surface area contributed by atoms with E-state index in [1.54, 1.807) is 11.9 Å². The SMILES string of the molecule is CCN(C)C(=O)CNc1snc(N)c1SC. The molecule has 0 bridgehead atoms. The summed E-state index contributed by atoms with van der Waals surface area (Å²) in [4.78, 5) is 14.1. The summed E-state index contributed by atoms with van der Waals surface area (Å²) in [6, 6.07) is 0. The second-order valence-corrected chi connectivity index (χ2v) is 4.78. The summed E-state index contributed by atoms with van der Waals surface area (Å²) < 4.78 is 4.04. The molecule has 1 heterocycles. The summed E-state index contributed by atoms with van der Waals surface area (Å²) in [5, 5.41) is 3.93. The minimum atomic E-state index is 0.0570. The van der Waals surface area contributed by atoms with Gasteiger partial charge in [0.2, 0.25) is 5.91 Å². The van der Waals surface area contributed by atoms with Crippen molar-refractivity contribution in [3.63, 3.8) is 0 Å². The number of likely N-dealkylation sites (N-methyl/N-ethyl adjacent to an activating group) is 1. The lowest BCUT2D eigenvalue weighted by atomic mass is 10.5. The van der Waals surface area contributed by atoms with Crippen LogP contribution in [0, 0.1) is 0 Å². The molecule has 5 nitrogen and oxygen atoms in total. The first-order valence-electron chi connectivity index (χ1n) is 4.87. The minimum Gasteiger partial charge on any atom is -0.382 e. The molecule has 16 heavy (non-hydrogen) atoms. The molecule has 0 aliphatic heterocycles. The Balaban J connectivity index is 2.58. The van der Waals surface area contributed by atoms with E-state index in [-0.39, 0.29) is 12.5 Å². The smallest absolute Gasteiger partial charge is 0.241 e. The molecule has 0 unspecified atom stereocenters. The number of nitrogens with two attached hydrogens (primary N) is 1. The summed E-state index contributed by atoms with van der Waals surface area (Å²) in [5.41, 5.74) is 5.69. The standard InChI is InChI=1S/C9H16N4OS2/c1-4-13(2)6(14)5-11-9-7(15-3)8(10)12-16-9/h11H,4-5H2,1-3H3,(H2,10,12). The third-order valence-electron chi connectivity index (χ3n) is 2.18. The first-order valence-corrected chi connectivity index (χ1v) is 6.86. The number of rotatable bonds is 5. The van der Waals surface area contributed by atoms with Gasteiger partial charge < -0.3 is 16.0 Å². The van der Waals surface area contributed by atoms with E-state index in [0.29, 0.717) is 12.4 Å². The van der Waals surface area contributed by atoms with Crippen LogP contribution >= 0.6 is 23.3 Å². The van der Waals surface area contributed by atoms with E-state index >= 15 is 0 Å². The third-order valence-corrected chi connectivity index (χ3v) is 3.95. The lowest BCUT2D eigenvalue weighted by molar-refractivity contribution is -0.127. The van der Waals surface area contributed by atoms with Crippen molar-refractivity contribution in [2.75, 3.05) is 37.4 Å². The highest BCUT2D eigenvalue weighted by Gasteiger charge is 2.12. The number of carbonyl (C=O) groups is 1. The van der Waals surface area contributed by atoms with Crippen molar-refractivity contribution in [3.05, 3.63) is 0 Å². The zero-order valence-corrected chi connectivity index (χ0v) is 11.2. The van der Waals surface area contributed by atoms with Gasteiger partial charge in [-0.3, -0.25) is 4.79 Å². The van der Waals surface area contributed by atoms with Crippen LogP contribution in [0.5, 0.6) is 0 Å². The van der Waals surface area contributed by atoms with Gasteiger partial charge in [0, 0.05) is 13.6 Å². The van der Waals surface area contributed by atoms with Crippen molar-refractivity contribution in [1.82, 2.24) is 9.27 Å². The normalized spacial score (nSPS) is 10.2. The molecular formula is C9H16N4OS2. The van der Waals surface area contributed by atoms with E-state index in [9.17, 15) is 4.79 Å². The van der Waals surface area contributed by atoms with Gasteiger partial charge in [0.1, 0.15) is 5.00 Å². The van der Waals surface area contributed by atoms with Crippen LogP contribution in [0.25, 0.3) is 0 Å². The van der Waals surface area contributed by atoms with E-state index < -0.39 is 0 Å². The molecule has 0 aromatic carbocycles. The van der Waals surface area contributed by atoms with Gasteiger partial charge in [-0.1, -0.05) is 0 Å². The Bertz CT molecular complexity index is 366. The van der Waals surface area contributed by atoms with E-state index in [4.69, 9.17) is 5.73 Å². The highest BCUT2D eigenvalue weighted by Crippen LogP contribution is 2.34. The van der Waals surface area contributed by atoms with Crippen LogP contribution in [0.1, 0.15) is 6.92 Å². The molecule has 7 heteroatoms. The van der Waals surface area contributed by atoms with Gasteiger partial charge in [0.25, 0.3) is 0 Å². The molecule has 3 N–H and O–H groups in total. The Labute approximate surface area is 104 Å². The van der Waals surface area contributed by atoms with Gasteiger partial charge in [-0.2, -0.15) is 4.37 Å². The van der Waals surface area contributed by atoms with Gasteiger partial charge >= 0.3 is 0 Å². The highest BCUT2D eigenvalue weighted by molar-refractivity contribution is 7.99. The predicted octanol–water partition coefficient (Wildman–Crippen LogP) is 1.34. The Morgan fingerprint density at radius 2 is 2.38 bits per heavy atom. The number of amides is 1. The molecule has 0 spiro atoms. The maximum atomic E-state index is 11.6. The number of nitrogens with zero attached hydrogens (tertiary/aromatic N) is 2. The molecule has 1 rings (SSSR count). The summed E-state index contributed by atoms with van der Waals surface area (Å²) in [5.74, 6) is 0.581. The Morgan fingerprint density at radius 3 is 2.94 bits per heavy atom. The Morgan fingerprint density at radius 1 is 1.69 bits per heavy atom. The van der Waals surface area contributed by atoms with Crippen molar-refractivity contribution < 1.29 is 4.79 Å². The van der Waals surface area contributed by atoms with Crippen molar-refractivity contribution >= 4 is 40.0 Å². The second kappa shape index (κ2) is 5.95. The molecule has 1 amide bonds. The van der Waals surface area contributed by atoms with Crippen LogP contribution in [0.3, 0.4) is 0 Å². The zero-order chi connectivity index (χ0) is 12.1. The molecule has 0 aliphatic rings. The maximum absolute atomic E-state index is 11.6. The minimum absolute atomic E-state index is 0.0570. The van der Waals surface area contributed by atoms with Crippen molar-refractivity contribution in [2.45, 2.75) is 11.8 Å². The fourth-order valence-electron chi connectivity index (χ4n) is 1.07. The molecule has 0 fully saturated rings. The Hall–Kier alpha value is -0.950. The largest absolute Gasteiger partial charge is 0.382 e. The van der Waals surface area contributed by atoms with Crippen LogP contribution in [0.15, 0.2) is 4.90 Å². The number of aromatic nitrogens is 1. The van der Waals surface area contributed by atoms with Gasteiger partial charge in [-0.15, -0.1) is 11.8 Å². The van der Waals surface area contributed by atoms with Crippen LogP contribution in [0.2, 0.25) is 0 Å². The average molecular weight is 260 g/mol. The first kappa shape index (κ1) is 13.1. The molecule has 0 saturated heterocycles. The van der Waals surface area contributed by atoms with Crippen molar-refractivity contribution in [2.24, 2.45) is 0 Å². The van der Waals surface area contributed by atoms with Crippen LogP contribution in [-0.2, 0) is 4.79 Å². The Kier molecular flexibility index (Phi) is 4.88. The molecule has 0 radical (unpaired) electrons. The number of anilines is 2. The lowest BCUT2D eigenvalue weighted by Gasteiger charge is -2.14. The zero-order valence-electron chi connectivity index (χ0n) is 9.61. The van der Waals surface area contributed by atoms with E-state index in [1.165, 1.54) is 23.3 Å². The van der Waals surface area contributed by atoms with Crippen molar-refractivity contribution in [3.8, 4) is 0 Å². The quantitative estimate of drug-likeness (QED) is 0.782. The number of hydrogen-bond donors (Lipinski definition) is 2. The monoisotopic (exact) mass is 260 g/mol. The summed E-state index contributed by atoms with van der Waals surface area (Å²) >= 11 is 2.81. The number of thioether (sulfide) groups is 1. The molecular weight excluding hydrogens is 244 g/mol. The lowest BCUT2D eigenvalue weighted by Crippen LogP contribution is -2.31.